The van der Waals surface area contributed by atoms with Gasteiger partial charge in [-0.3, -0.25) is 19.7 Å². The zero-order chi connectivity index (χ0) is 19.1. The van der Waals surface area contributed by atoms with E-state index in [-0.39, 0.29) is 18.1 Å². The highest BCUT2D eigenvalue weighted by atomic mass is 16.6. The lowest BCUT2D eigenvalue weighted by atomic mass is 10.1. The van der Waals surface area contributed by atoms with Crippen molar-refractivity contribution < 1.29 is 19.2 Å². The maximum absolute atomic E-state index is 12.1. The van der Waals surface area contributed by atoms with E-state index in [0.29, 0.717) is 29.0 Å². The van der Waals surface area contributed by atoms with E-state index in [2.05, 4.69) is 11.9 Å². The average molecular weight is 354 g/mol. The number of nitrogens with one attached hydrogen (secondary N) is 1. The van der Waals surface area contributed by atoms with Crippen molar-refractivity contribution in [3.05, 3.63) is 76.4 Å². The molecule has 0 aliphatic rings. The molecule has 0 heterocycles. The lowest BCUT2D eigenvalue weighted by molar-refractivity contribution is -0.384. The van der Waals surface area contributed by atoms with Gasteiger partial charge in [0.15, 0.2) is 12.4 Å². The minimum absolute atomic E-state index is 0.0558. The highest BCUT2D eigenvalue weighted by Gasteiger charge is 2.12. The lowest BCUT2D eigenvalue weighted by Crippen LogP contribution is -2.20. The second-order valence-corrected chi connectivity index (χ2v) is 5.52. The monoisotopic (exact) mass is 354 g/mol. The zero-order valence-electron chi connectivity index (χ0n) is 14.2. The Morgan fingerprint density at radius 1 is 1.27 bits per heavy atom. The number of hydrogen-bond acceptors (Lipinski definition) is 5. The van der Waals surface area contributed by atoms with E-state index in [1.165, 1.54) is 25.1 Å². The van der Waals surface area contributed by atoms with Crippen molar-refractivity contribution in [2.24, 2.45) is 0 Å². The number of rotatable bonds is 8. The third-order valence-corrected chi connectivity index (χ3v) is 3.53. The number of carbonyl (C=O) groups excluding carboxylic acids is 2. The molecule has 2 aromatic rings. The van der Waals surface area contributed by atoms with Gasteiger partial charge in [0, 0.05) is 28.9 Å². The maximum atomic E-state index is 12.1. The van der Waals surface area contributed by atoms with Gasteiger partial charge in [-0.05, 0) is 31.5 Å². The van der Waals surface area contributed by atoms with Crippen LogP contribution in [0.4, 0.5) is 11.4 Å². The number of nitrogens with zero attached hydrogens (tertiary/aromatic N) is 1. The molecule has 0 saturated carbocycles. The van der Waals surface area contributed by atoms with Gasteiger partial charge in [-0.25, -0.2) is 0 Å². The molecule has 0 fully saturated rings. The van der Waals surface area contributed by atoms with Gasteiger partial charge in [-0.1, -0.05) is 18.2 Å². The fourth-order valence-electron chi connectivity index (χ4n) is 2.29. The van der Waals surface area contributed by atoms with E-state index in [0.717, 1.165) is 0 Å². The van der Waals surface area contributed by atoms with Crippen LogP contribution < -0.4 is 10.1 Å². The zero-order valence-corrected chi connectivity index (χ0v) is 14.2. The summed E-state index contributed by atoms with van der Waals surface area (Å²) in [5.74, 6) is -0.131. The number of carbonyl (C=O) groups is 2. The van der Waals surface area contributed by atoms with Crippen LogP contribution in [0.3, 0.4) is 0 Å². The summed E-state index contributed by atoms with van der Waals surface area (Å²) in [7, 11) is 0. The number of allylic oxidation sites excluding steroid dienone is 1. The van der Waals surface area contributed by atoms with E-state index in [1.807, 2.05) is 0 Å². The van der Waals surface area contributed by atoms with Gasteiger partial charge in [0.1, 0.15) is 5.75 Å². The molecule has 134 valence electrons. The summed E-state index contributed by atoms with van der Waals surface area (Å²) in [6.45, 7) is 4.79. The Morgan fingerprint density at radius 3 is 2.69 bits per heavy atom. The third kappa shape index (κ3) is 5.01. The molecule has 0 aliphatic heterocycles. The molecule has 7 heteroatoms. The molecule has 0 saturated heterocycles. The van der Waals surface area contributed by atoms with Crippen molar-refractivity contribution in [1.82, 2.24) is 0 Å². The Morgan fingerprint density at radius 2 is 2.04 bits per heavy atom. The molecule has 7 nitrogen and oxygen atoms in total. The fourth-order valence-corrected chi connectivity index (χ4v) is 2.29. The predicted molar refractivity (Wildman–Crippen MR) is 97.6 cm³/mol. The first-order valence-corrected chi connectivity index (χ1v) is 7.82. The van der Waals surface area contributed by atoms with E-state index >= 15 is 0 Å². The molecule has 0 aliphatic carbocycles. The van der Waals surface area contributed by atoms with E-state index in [1.54, 1.807) is 30.3 Å². The highest BCUT2D eigenvalue weighted by molar-refractivity contribution is 5.97. The fraction of sp³-hybridized carbons (Fsp3) is 0.158. The van der Waals surface area contributed by atoms with Gasteiger partial charge in [-0.2, -0.15) is 0 Å². The molecule has 1 N–H and O–H groups in total. The van der Waals surface area contributed by atoms with Gasteiger partial charge in [0.2, 0.25) is 0 Å². The van der Waals surface area contributed by atoms with Gasteiger partial charge in [0.25, 0.3) is 11.6 Å². The van der Waals surface area contributed by atoms with E-state index < -0.39 is 10.8 Å². The lowest BCUT2D eigenvalue weighted by Gasteiger charge is -2.11. The van der Waals surface area contributed by atoms with Gasteiger partial charge in [-0.15, -0.1) is 6.58 Å². The minimum Gasteiger partial charge on any atom is -0.483 e. The van der Waals surface area contributed by atoms with Crippen molar-refractivity contribution in [2.45, 2.75) is 13.3 Å². The van der Waals surface area contributed by atoms with Crippen LogP contribution in [-0.2, 0) is 11.2 Å². The van der Waals surface area contributed by atoms with E-state index in [4.69, 9.17) is 4.74 Å². The summed E-state index contributed by atoms with van der Waals surface area (Å²) in [6.07, 6.45) is 1.97. The molecule has 1 amide bonds. The molecule has 0 unspecified atom stereocenters. The van der Waals surface area contributed by atoms with Gasteiger partial charge < -0.3 is 10.1 Å². The normalized spacial score (nSPS) is 10.0. The van der Waals surface area contributed by atoms with Crippen LogP contribution in [0.2, 0.25) is 0 Å². The van der Waals surface area contributed by atoms with Crippen LogP contribution in [0.15, 0.2) is 55.1 Å². The van der Waals surface area contributed by atoms with E-state index in [9.17, 15) is 19.7 Å². The summed E-state index contributed by atoms with van der Waals surface area (Å²) in [6, 6.07) is 10.7. The first-order valence-electron chi connectivity index (χ1n) is 7.82. The number of anilines is 1. The number of Topliss-reactive ketones (excluding diaryl/α,β-unsaturated/α-hetero) is 1. The second kappa shape index (κ2) is 8.57. The Bertz CT molecular complexity index is 861. The van der Waals surface area contributed by atoms with Crippen LogP contribution >= 0.6 is 0 Å². The Balaban J connectivity index is 2.04. The number of non-ortho nitro benzene ring substituents is 1. The molecule has 0 spiro atoms. The highest BCUT2D eigenvalue weighted by Crippen LogP contribution is 2.25. The standard InChI is InChI=1S/C19H18N2O5/c1-3-5-15-11-17(21(24)25)8-9-18(15)26-12-19(23)20-16-7-4-6-14(10-16)13(2)22/h3-4,6-11H,1,5,12H2,2H3,(H,20,23). The van der Waals surface area contributed by atoms with Crippen molar-refractivity contribution in [3.63, 3.8) is 0 Å². The number of nitro benzene ring substituents is 1. The molecule has 0 aromatic heterocycles. The number of ketones is 1. The summed E-state index contributed by atoms with van der Waals surface area (Å²) in [5, 5.41) is 13.5. The van der Waals surface area contributed by atoms with Crippen LogP contribution in [0.1, 0.15) is 22.8 Å². The van der Waals surface area contributed by atoms with Crippen molar-refractivity contribution in [2.75, 3.05) is 11.9 Å². The minimum atomic E-state index is -0.495. The van der Waals surface area contributed by atoms with Crippen LogP contribution in [0.25, 0.3) is 0 Å². The number of nitro groups is 1. The molecule has 0 bridgehead atoms. The Labute approximate surface area is 150 Å². The maximum Gasteiger partial charge on any atom is 0.269 e. The molecule has 26 heavy (non-hydrogen) atoms. The third-order valence-electron chi connectivity index (χ3n) is 3.53. The van der Waals surface area contributed by atoms with Crippen molar-refractivity contribution in [3.8, 4) is 5.75 Å². The summed E-state index contributed by atoms with van der Waals surface area (Å²) in [5.41, 5.74) is 1.49. The Hall–Kier alpha value is -3.48. The number of benzene rings is 2. The smallest absolute Gasteiger partial charge is 0.269 e. The summed E-state index contributed by atoms with van der Waals surface area (Å²) < 4.78 is 5.49. The quantitative estimate of drug-likeness (QED) is 0.338. The topological polar surface area (TPSA) is 98.5 Å². The number of ether oxygens (including phenoxy) is 1. The number of amides is 1. The molecule has 2 rings (SSSR count). The van der Waals surface area contributed by atoms with Gasteiger partial charge >= 0.3 is 0 Å². The predicted octanol–water partition coefficient (Wildman–Crippen LogP) is 3.54. The van der Waals surface area contributed by atoms with Crippen LogP contribution in [0, 0.1) is 10.1 Å². The molecule has 0 atom stereocenters. The second-order valence-electron chi connectivity index (χ2n) is 5.52. The molecular weight excluding hydrogens is 336 g/mol. The number of hydrogen-bond donors (Lipinski definition) is 1. The van der Waals surface area contributed by atoms with Crippen LogP contribution in [0.5, 0.6) is 5.75 Å². The summed E-state index contributed by atoms with van der Waals surface area (Å²) >= 11 is 0. The average Bonchev–Trinajstić information content (AvgIpc) is 2.61. The Kier molecular flexibility index (Phi) is 6.21. The van der Waals surface area contributed by atoms with Crippen molar-refractivity contribution >= 4 is 23.1 Å². The van der Waals surface area contributed by atoms with Crippen molar-refractivity contribution in [1.29, 1.82) is 0 Å². The van der Waals surface area contributed by atoms with Crippen LogP contribution in [-0.4, -0.2) is 23.2 Å². The van der Waals surface area contributed by atoms with Gasteiger partial charge in [0.05, 0.1) is 4.92 Å². The molecule has 0 radical (unpaired) electrons. The first-order chi connectivity index (χ1) is 12.4. The largest absolute Gasteiger partial charge is 0.483 e. The summed E-state index contributed by atoms with van der Waals surface area (Å²) in [4.78, 5) is 33.8. The molecular formula is C19H18N2O5. The SMILES string of the molecule is C=CCc1cc([N+](=O)[O-])ccc1OCC(=O)Nc1cccc(C(C)=O)c1. The molecule has 2 aromatic carbocycles. The first kappa shape index (κ1) is 18.9.